The Bertz CT molecular complexity index is 1930. The van der Waals surface area contributed by atoms with E-state index in [0.717, 1.165) is 57.8 Å². The zero-order chi connectivity index (χ0) is 71.8. The number of hydrogen-bond donors (Lipinski definition) is 12. The second-order valence-corrected chi connectivity index (χ2v) is 29.2. The summed E-state index contributed by atoms with van der Waals surface area (Å²) in [4.78, 5) is 13.5. The fourth-order valence-corrected chi connectivity index (χ4v) is 13.9. The highest BCUT2D eigenvalue weighted by Crippen LogP contribution is 2.33. The van der Waals surface area contributed by atoms with Crippen molar-refractivity contribution in [2.45, 2.75) is 439 Å². The third-order valence-electron chi connectivity index (χ3n) is 20.5. The second kappa shape index (κ2) is 61.2. The first kappa shape index (κ1) is 91.2. The average Bonchev–Trinajstić information content (AvgIpc) is 0.784. The monoisotopic (exact) mass is 1410 g/mol. The van der Waals surface area contributed by atoms with Crippen LogP contribution in [0.15, 0.2) is 36.5 Å². The number of aliphatic hydroxyl groups excluding tert-OH is 11. The topological polar surface area (TPSA) is 307 Å². The summed E-state index contributed by atoms with van der Waals surface area (Å²) in [7, 11) is 0. The lowest BCUT2D eigenvalue weighted by molar-refractivity contribution is -0.379. The molecular formula is C80H149NO18. The summed E-state index contributed by atoms with van der Waals surface area (Å²) in [6.45, 7) is 1.84. The van der Waals surface area contributed by atoms with E-state index in [9.17, 15) is 61.0 Å². The number of allylic oxidation sites excluding steroid dienone is 6. The molecule has 0 aromatic rings. The Kier molecular flexibility index (Phi) is 56.4. The van der Waals surface area contributed by atoms with Gasteiger partial charge in [-0.15, -0.1) is 0 Å². The molecule has 19 nitrogen and oxygen atoms in total. The van der Waals surface area contributed by atoms with Crippen LogP contribution in [0.25, 0.3) is 0 Å². The van der Waals surface area contributed by atoms with Gasteiger partial charge in [0, 0.05) is 6.42 Å². The van der Waals surface area contributed by atoms with E-state index in [0.29, 0.717) is 12.8 Å². The number of carbonyl (C=O) groups is 1. The van der Waals surface area contributed by atoms with Crippen molar-refractivity contribution in [3.8, 4) is 0 Å². The van der Waals surface area contributed by atoms with Crippen LogP contribution in [-0.2, 0) is 33.2 Å². The molecule has 0 saturated carbocycles. The van der Waals surface area contributed by atoms with E-state index in [4.69, 9.17) is 28.4 Å². The van der Waals surface area contributed by atoms with E-state index in [1.165, 1.54) is 244 Å². The molecule has 3 fully saturated rings. The van der Waals surface area contributed by atoms with Crippen LogP contribution in [0.5, 0.6) is 0 Å². The first-order chi connectivity index (χ1) is 48.3. The molecule has 3 aliphatic heterocycles. The summed E-state index contributed by atoms with van der Waals surface area (Å²) in [6.07, 6.45) is 48.1. The maximum absolute atomic E-state index is 13.5. The quantitative estimate of drug-likeness (QED) is 0.0199. The van der Waals surface area contributed by atoms with E-state index in [1.54, 1.807) is 0 Å². The molecule has 3 rings (SSSR count). The molecule has 582 valence electrons. The van der Waals surface area contributed by atoms with Crippen molar-refractivity contribution in [2.24, 2.45) is 0 Å². The summed E-state index contributed by atoms with van der Waals surface area (Å²) in [5.41, 5.74) is 0. The number of nitrogens with one attached hydrogen (secondary N) is 1. The predicted molar refractivity (Wildman–Crippen MR) is 393 cm³/mol. The van der Waals surface area contributed by atoms with Crippen LogP contribution in [0.1, 0.15) is 335 Å². The molecule has 3 heterocycles. The normalized spacial score (nSPS) is 26.7. The Morgan fingerprint density at radius 1 is 0.364 bits per heavy atom. The second-order valence-electron chi connectivity index (χ2n) is 29.2. The van der Waals surface area contributed by atoms with E-state index in [1.807, 2.05) is 0 Å². The third kappa shape index (κ3) is 41.5. The number of ether oxygens (including phenoxy) is 6. The van der Waals surface area contributed by atoms with Crippen molar-refractivity contribution in [3.05, 3.63) is 36.5 Å². The van der Waals surface area contributed by atoms with E-state index < -0.39 is 124 Å². The zero-order valence-corrected chi connectivity index (χ0v) is 62.2. The number of rotatable bonds is 65. The molecule has 17 atom stereocenters. The van der Waals surface area contributed by atoms with Crippen LogP contribution in [0.3, 0.4) is 0 Å². The molecule has 0 aromatic heterocycles. The Morgan fingerprint density at radius 2 is 0.667 bits per heavy atom. The van der Waals surface area contributed by atoms with Gasteiger partial charge in [-0.25, -0.2) is 0 Å². The molecule has 17 unspecified atom stereocenters. The van der Waals surface area contributed by atoms with Crippen molar-refractivity contribution < 1.29 is 89.4 Å². The Balaban J connectivity index is 1.33. The summed E-state index contributed by atoms with van der Waals surface area (Å²) in [5, 5.41) is 121. The highest BCUT2D eigenvalue weighted by atomic mass is 16.8. The highest BCUT2D eigenvalue weighted by molar-refractivity contribution is 5.76. The van der Waals surface area contributed by atoms with Crippen LogP contribution in [0.4, 0.5) is 0 Å². The first-order valence-corrected chi connectivity index (χ1v) is 40.7. The highest BCUT2D eigenvalue weighted by Gasteiger charge is 2.54. The maximum Gasteiger partial charge on any atom is 0.220 e. The maximum atomic E-state index is 13.5. The Morgan fingerprint density at radius 3 is 1.04 bits per heavy atom. The number of amides is 1. The molecule has 0 spiro atoms. The minimum Gasteiger partial charge on any atom is -0.394 e. The number of aliphatic hydroxyl groups is 11. The smallest absolute Gasteiger partial charge is 0.220 e. The first-order valence-electron chi connectivity index (χ1n) is 40.7. The Labute approximate surface area is 600 Å². The van der Waals surface area contributed by atoms with Gasteiger partial charge in [-0.1, -0.05) is 314 Å². The molecule has 3 saturated heterocycles. The largest absolute Gasteiger partial charge is 0.394 e. The summed E-state index contributed by atoms with van der Waals surface area (Å²) in [5.74, 6) is -0.237. The van der Waals surface area contributed by atoms with Crippen molar-refractivity contribution in [3.63, 3.8) is 0 Å². The van der Waals surface area contributed by atoms with Gasteiger partial charge in [0.25, 0.3) is 0 Å². The predicted octanol–water partition coefficient (Wildman–Crippen LogP) is 13.5. The van der Waals surface area contributed by atoms with Crippen LogP contribution in [-0.4, -0.2) is 193 Å². The molecule has 19 heteroatoms. The van der Waals surface area contributed by atoms with Gasteiger partial charge < -0.3 is 89.9 Å². The molecule has 1 amide bonds. The number of hydrogen-bond acceptors (Lipinski definition) is 18. The van der Waals surface area contributed by atoms with Crippen LogP contribution in [0, 0.1) is 0 Å². The Hall–Kier alpha value is -1.99. The molecule has 3 aliphatic rings. The lowest BCUT2D eigenvalue weighted by Crippen LogP contribution is -2.66. The van der Waals surface area contributed by atoms with Gasteiger partial charge in [0.05, 0.1) is 38.6 Å². The van der Waals surface area contributed by atoms with Crippen LogP contribution in [0.2, 0.25) is 0 Å². The number of carbonyl (C=O) groups excluding carboxylic acids is 1. The molecule has 0 bridgehead atoms. The summed E-state index contributed by atoms with van der Waals surface area (Å²) >= 11 is 0. The molecule has 12 N–H and O–H groups in total. The fraction of sp³-hybridized carbons (Fsp3) is 0.912. The SMILES string of the molecule is CCCCCCC/C=C\C/C=C\C/C=C\CCCCCCCCCCCCCCCCCCCCCCC(=O)NC(COC1OC(CO)C(OC2OC(CO)C(OC3OC(CO)C(O)C(O)C3O)C(O)C2O)C(O)C1O)C(O)CCCCCCCCCCCCCCCCCCCCC. The van der Waals surface area contributed by atoms with Crippen molar-refractivity contribution >= 4 is 5.91 Å². The zero-order valence-electron chi connectivity index (χ0n) is 62.2. The molecule has 0 radical (unpaired) electrons. The van der Waals surface area contributed by atoms with Gasteiger partial charge in [0.2, 0.25) is 5.91 Å². The lowest BCUT2D eigenvalue weighted by atomic mass is 9.96. The van der Waals surface area contributed by atoms with E-state index >= 15 is 0 Å². The van der Waals surface area contributed by atoms with Gasteiger partial charge in [0.15, 0.2) is 18.9 Å². The third-order valence-corrected chi connectivity index (χ3v) is 20.5. The van der Waals surface area contributed by atoms with Crippen LogP contribution >= 0.6 is 0 Å². The average molecular weight is 1410 g/mol. The van der Waals surface area contributed by atoms with Gasteiger partial charge in [-0.3, -0.25) is 4.79 Å². The minimum atomic E-state index is -1.97. The van der Waals surface area contributed by atoms with Crippen molar-refractivity contribution in [1.82, 2.24) is 5.32 Å². The lowest BCUT2D eigenvalue weighted by Gasteiger charge is -2.48. The van der Waals surface area contributed by atoms with Gasteiger partial charge in [-0.2, -0.15) is 0 Å². The fourth-order valence-electron chi connectivity index (χ4n) is 13.9. The molecule has 99 heavy (non-hydrogen) atoms. The van der Waals surface area contributed by atoms with E-state index in [-0.39, 0.29) is 18.9 Å². The number of unbranched alkanes of at least 4 members (excludes halogenated alkanes) is 43. The molecular weight excluding hydrogens is 1260 g/mol. The summed E-state index contributed by atoms with van der Waals surface area (Å²) in [6, 6.07) is -0.886. The standard InChI is InChI=1S/C80H149NO18/c1-3-5-7-9-11-13-15-17-19-21-23-24-25-26-27-28-29-30-31-32-33-34-35-36-37-38-40-42-44-46-48-50-52-54-56-58-68(86)81-63(64(85)57-55-53-51-49-47-45-43-41-39-22-20-18-16-14-12-10-8-6-4-2)62-94-78-74(92)71(89)76(66(60-83)96-78)99-80-75(93)72(90)77(67(61-84)97-80)98-79-73(91)70(88)69(87)65(59-82)95-79/h15,17,21,23,25-26,63-67,69-80,82-85,87-93H,3-14,16,18-20,22,24,27-62H2,1-2H3,(H,81,86)/b17-15-,23-21-,26-25-. The van der Waals surface area contributed by atoms with Gasteiger partial charge in [-0.05, 0) is 51.4 Å². The summed E-state index contributed by atoms with van der Waals surface area (Å²) < 4.78 is 34.5. The molecule has 0 aromatic carbocycles. The minimum absolute atomic E-state index is 0.237. The van der Waals surface area contributed by atoms with Crippen molar-refractivity contribution in [1.29, 1.82) is 0 Å². The van der Waals surface area contributed by atoms with Gasteiger partial charge in [0.1, 0.15) is 73.2 Å². The van der Waals surface area contributed by atoms with Crippen LogP contribution < -0.4 is 5.32 Å². The van der Waals surface area contributed by atoms with E-state index in [2.05, 4.69) is 55.6 Å². The van der Waals surface area contributed by atoms with Crippen molar-refractivity contribution in [2.75, 3.05) is 26.4 Å². The molecule has 0 aliphatic carbocycles. The van der Waals surface area contributed by atoms with Gasteiger partial charge >= 0.3 is 0 Å².